The molecule has 2 saturated carbocycles. The van der Waals surface area contributed by atoms with Crippen molar-refractivity contribution in [2.75, 3.05) is 0 Å². The maximum atomic E-state index is 14.6. The minimum Gasteiger partial charge on any atom is -0.507 e. The number of carbonyl (C=O) groups excluding carboxylic acids is 1. The van der Waals surface area contributed by atoms with Crippen molar-refractivity contribution >= 4 is 11.5 Å². The Morgan fingerprint density at radius 2 is 1.77 bits per heavy atom. The molecule has 5 rings (SSSR count). The van der Waals surface area contributed by atoms with Gasteiger partial charge < -0.3 is 20.4 Å². The van der Waals surface area contributed by atoms with E-state index >= 15 is 0 Å². The molecule has 4 aliphatic rings. The second-order valence-corrected chi connectivity index (χ2v) is 13.3. The van der Waals surface area contributed by atoms with Gasteiger partial charge in [-0.3, -0.25) is 4.79 Å². The van der Waals surface area contributed by atoms with Gasteiger partial charge in [-0.1, -0.05) is 84.2 Å². The zero-order chi connectivity index (χ0) is 28.7. The van der Waals surface area contributed by atoms with Gasteiger partial charge in [-0.2, -0.15) is 0 Å². The highest BCUT2D eigenvalue weighted by Gasteiger charge is 2.72. The van der Waals surface area contributed by atoms with E-state index in [1.165, 1.54) is 25.3 Å². The van der Waals surface area contributed by atoms with Gasteiger partial charge in [-0.25, -0.2) is 0 Å². The first kappa shape index (κ1) is 27.9. The van der Waals surface area contributed by atoms with Crippen LogP contribution in [0.2, 0.25) is 0 Å². The number of aromatic hydroxyl groups is 1. The molecule has 0 heterocycles. The Morgan fingerprint density at radius 3 is 2.38 bits per heavy atom. The highest BCUT2D eigenvalue weighted by atomic mass is 16.3. The normalized spacial score (nSPS) is 35.9. The molecular weight excluding hydrogens is 488 g/mol. The Morgan fingerprint density at radius 1 is 1.13 bits per heavy atom. The van der Waals surface area contributed by atoms with Gasteiger partial charge in [0.05, 0.1) is 17.2 Å². The van der Waals surface area contributed by atoms with Gasteiger partial charge in [0.25, 0.3) is 0 Å². The Balaban J connectivity index is 1.66. The largest absolute Gasteiger partial charge is 0.507 e. The number of carbonyl (C=O) groups is 1. The fourth-order valence-electron chi connectivity index (χ4n) is 8.92. The first-order chi connectivity index (χ1) is 18.2. The summed E-state index contributed by atoms with van der Waals surface area (Å²) in [6.45, 7) is 18.5. The van der Waals surface area contributed by atoms with Crippen LogP contribution in [-0.4, -0.2) is 37.9 Å². The molecule has 2 fully saturated rings. The van der Waals surface area contributed by atoms with Crippen LogP contribution in [0.3, 0.4) is 0 Å². The van der Waals surface area contributed by atoms with Crippen molar-refractivity contribution in [3.63, 3.8) is 0 Å². The fourth-order valence-corrected chi connectivity index (χ4v) is 8.92. The van der Waals surface area contributed by atoms with E-state index in [2.05, 4.69) is 20.1 Å². The van der Waals surface area contributed by atoms with E-state index in [9.17, 15) is 25.2 Å². The third kappa shape index (κ3) is 3.42. The lowest BCUT2D eigenvalue weighted by Crippen LogP contribution is -2.71. The summed E-state index contributed by atoms with van der Waals surface area (Å²) >= 11 is 0. The zero-order valence-electron chi connectivity index (χ0n) is 24.2. The predicted octanol–water partition coefficient (Wildman–Crippen LogP) is 7.05. The average Bonchev–Trinajstić information content (AvgIpc) is 2.89. The molecule has 0 radical (unpaired) electrons. The lowest BCUT2D eigenvalue weighted by molar-refractivity contribution is -0.185. The number of phenolic OH excluding ortho intramolecular Hbond substituents is 1. The summed E-state index contributed by atoms with van der Waals surface area (Å²) in [7, 11) is 0. The summed E-state index contributed by atoms with van der Waals surface area (Å²) in [6, 6.07) is 4.97. The van der Waals surface area contributed by atoms with Crippen LogP contribution in [-0.2, 0) is 4.79 Å². The van der Waals surface area contributed by atoms with Crippen LogP contribution in [0, 0.1) is 16.2 Å². The fraction of sp³-hybridized carbons (Fsp3) is 0.559. The molecule has 5 heteroatoms. The van der Waals surface area contributed by atoms with Crippen molar-refractivity contribution in [2.24, 2.45) is 16.2 Å². The second-order valence-electron chi connectivity index (χ2n) is 13.3. The number of aliphatic hydroxyl groups excluding tert-OH is 2. The van der Waals surface area contributed by atoms with Crippen molar-refractivity contribution in [3.8, 4) is 5.75 Å². The first-order valence-electron chi connectivity index (χ1n) is 14.5. The highest BCUT2D eigenvalue weighted by molar-refractivity contribution is 6.13. The number of allylic oxidation sites excluding steroid dienone is 2. The summed E-state index contributed by atoms with van der Waals surface area (Å²) in [5, 5.41) is 46.8. The lowest BCUT2D eigenvalue weighted by Gasteiger charge is -2.62. The van der Waals surface area contributed by atoms with Crippen molar-refractivity contribution in [3.05, 3.63) is 70.3 Å². The number of aliphatic hydroxyl groups is 3. The molecule has 4 N–H and O–H groups in total. The molecular formula is C34H44O5. The molecule has 0 aromatic heterocycles. The van der Waals surface area contributed by atoms with Gasteiger partial charge in [-0.05, 0) is 72.3 Å². The standard InChI is InChI=1S/C34H44O5/c1-8-33(15-10-9-11-16-33)18-20(3)25-19(2)17-31(6)30(38)32(7)21(4)23-13-12-14-24(35)26(23)28(36)27(32)29(37)34(31,39)22(25)5/h12-14,21,30,35-36,38-39H,3,5,8-11,15-18H2,1-2,4,6-7H3/t21-,30+,31+,32+,34+/m1/s1. The molecule has 0 aliphatic heterocycles. The minimum atomic E-state index is -2.14. The van der Waals surface area contributed by atoms with E-state index in [1.54, 1.807) is 26.0 Å². The van der Waals surface area contributed by atoms with Gasteiger partial charge in [-0.15, -0.1) is 0 Å². The SMILES string of the molecule is C=C(CC1(CC)CCCCC1)C1=C(C)C[C@@]2(C)[C@H](O)[C@]3(C)C(=C(O)c4c(O)cccc4[C@H]3C)C(=O)[C@@]2(O)C1=C. The Labute approximate surface area is 232 Å². The van der Waals surface area contributed by atoms with Crippen LogP contribution in [0.25, 0.3) is 5.76 Å². The summed E-state index contributed by atoms with van der Waals surface area (Å²) in [4.78, 5) is 14.6. The number of rotatable bonds is 4. The molecule has 5 nitrogen and oxygen atoms in total. The van der Waals surface area contributed by atoms with Crippen molar-refractivity contribution in [2.45, 2.75) is 104 Å². The van der Waals surface area contributed by atoms with Gasteiger partial charge in [0.2, 0.25) is 0 Å². The lowest BCUT2D eigenvalue weighted by atomic mass is 9.42. The Kier molecular flexibility index (Phi) is 6.40. The molecule has 0 saturated heterocycles. The predicted molar refractivity (Wildman–Crippen MR) is 154 cm³/mol. The number of hydrogen-bond donors (Lipinski definition) is 4. The molecule has 1 aromatic rings. The molecule has 39 heavy (non-hydrogen) atoms. The quantitative estimate of drug-likeness (QED) is 0.333. The van der Waals surface area contributed by atoms with Gasteiger partial charge >= 0.3 is 0 Å². The molecule has 0 bridgehead atoms. The third-order valence-electron chi connectivity index (χ3n) is 11.4. The number of fused-ring (bicyclic) bond motifs is 3. The maximum absolute atomic E-state index is 14.6. The van der Waals surface area contributed by atoms with E-state index in [0.717, 1.165) is 42.4 Å². The van der Waals surface area contributed by atoms with Crippen LogP contribution in [0.4, 0.5) is 0 Å². The number of benzene rings is 1. The molecule has 0 spiro atoms. The van der Waals surface area contributed by atoms with Crippen LogP contribution in [0.5, 0.6) is 5.75 Å². The van der Waals surface area contributed by atoms with Gasteiger partial charge in [0, 0.05) is 10.8 Å². The number of Topliss-reactive ketones (excluding diaryl/α,β-unsaturated/α-hetero) is 1. The van der Waals surface area contributed by atoms with E-state index in [0.29, 0.717) is 12.0 Å². The van der Waals surface area contributed by atoms with Crippen LogP contribution in [0.1, 0.15) is 103 Å². The third-order valence-corrected chi connectivity index (χ3v) is 11.4. The molecule has 5 atom stereocenters. The average molecular weight is 533 g/mol. The maximum Gasteiger partial charge on any atom is 0.199 e. The van der Waals surface area contributed by atoms with Gasteiger partial charge in [0.1, 0.15) is 11.5 Å². The van der Waals surface area contributed by atoms with Crippen molar-refractivity contribution in [1.29, 1.82) is 0 Å². The monoisotopic (exact) mass is 532 g/mol. The second kappa shape index (κ2) is 8.94. The van der Waals surface area contributed by atoms with E-state index in [-0.39, 0.29) is 33.6 Å². The number of ketones is 1. The van der Waals surface area contributed by atoms with Crippen molar-refractivity contribution in [1.82, 2.24) is 0 Å². The number of phenols is 1. The summed E-state index contributed by atoms with van der Waals surface area (Å²) in [6.07, 6.45) is 6.87. The molecule has 0 unspecified atom stereocenters. The van der Waals surface area contributed by atoms with E-state index in [1.807, 2.05) is 13.8 Å². The molecule has 4 aliphatic carbocycles. The smallest absolute Gasteiger partial charge is 0.199 e. The Hall–Kier alpha value is -2.63. The van der Waals surface area contributed by atoms with E-state index < -0.39 is 34.2 Å². The number of hydrogen-bond acceptors (Lipinski definition) is 5. The minimum absolute atomic E-state index is 0.0422. The summed E-state index contributed by atoms with van der Waals surface area (Å²) in [5.41, 5.74) is -0.804. The molecule has 1 aromatic carbocycles. The zero-order valence-corrected chi connectivity index (χ0v) is 24.2. The van der Waals surface area contributed by atoms with Crippen LogP contribution < -0.4 is 0 Å². The highest BCUT2D eigenvalue weighted by Crippen LogP contribution is 2.67. The van der Waals surface area contributed by atoms with E-state index in [4.69, 9.17) is 0 Å². The first-order valence-corrected chi connectivity index (χ1v) is 14.5. The topological polar surface area (TPSA) is 98.0 Å². The van der Waals surface area contributed by atoms with Crippen LogP contribution in [0.15, 0.2) is 59.2 Å². The van der Waals surface area contributed by atoms with Crippen molar-refractivity contribution < 1.29 is 25.2 Å². The molecule has 210 valence electrons. The molecule has 0 amide bonds. The van der Waals surface area contributed by atoms with Crippen LogP contribution >= 0.6 is 0 Å². The summed E-state index contributed by atoms with van der Waals surface area (Å²) < 4.78 is 0. The Bertz CT molecular complexity index is 1340. The summed E-state index contributed by atoms with van der Waals surface area (Å²) in [5.74, 6) is -1.58. The van der Waals surface area contributed by atoms with Gasteiger partial charge in [0.15, 0.2) is 11.4 Å².